The molecule has 0 unspecified atom stereocenters. The summed E-state index contributed by atoms with van der Waals surface area (Å²) in [4.78, 5) is 5.40. The van der Waals surface area contributed by atoms with Crippen LogP contribution in [-0.2, 0) is 5.41 Å². The van der Waals surface area contributed by atoms with Crippen LogP contribution in [0.1, 0.15) is 22.3 Å². The Morgan fingerprint density at radius 1 is 0.426 bits per heavy atom. The molecule has 1 aliphatic rings. The quantitative estimate of drug-likeness (QED) is 0.170. The molecule has 0 radical (unpaired) electrons. The van der Waals surface area contributed by atoms with Gasteiger partial charge in [-0.05, 0) is 84.8 Å². The van der Waals surface area contributed by atoms with Gasteiger partial charge in [0.15, 0.2) is 5.65 Å². The van der Waals surface area contributed by atoms with Gasteiger partial charge in [0.05, 0.1) is 26.8 Å². The number of thiophene rings is 1. The van der Waals surface area contributed by atoms with Crippen LogP contribution in [0.4, 0.5) is 0 Å². The Morgan fingerprint density at radius 3 is 1.77 bits per heavy atom. The highest BCUT2D eigenvalue weighted by atomic mass is 32.1. The molecule has 13 rings (SSSR count). The van der Waals surface area contributed by atoms with Crippen molar-refractivity contribution in [2.24, 2.45) is 0 Å². The fourth-order valence-electron chi connectivity index (χ4n) is 10.4. The second-order valence-corrected chi connectivity index (χ2v) is 17.3. The molecule has 0 atom stereocenters. The fraction of sp³-hybridized carbons (Fsp3) is 0.0172. The molecule has 3 heterocycles. The number of pyridine rings is 1. The largest absolute Gasteiger partial charge is 0.291 e. The topological polar surface area (TPSA) is 17.3 Å². The SMILES string of the molecule is c1ccc(C2(c3ccccc3)c3ccccc3-c3c(-c4ccc(-c5ccc(-c6cc7c8ccccc8sc7c7nc8c9ccccc9ccc8n67)cc5)cc4)cccc32)cc1. The normalized spacial score (nSPS) is 13.0. The van der Waals surface area contributed by atoms with Gasteiger partial charge in [-0.3, -0.25) is 4.40 Å². The zero-order chi connectivity index (χ0) is 40.1. The van der Waals surface area contributed by atoms with Crippen molar-refractivity contribution in [2.75, 3.05) is 0 Å². The molecule has 0 spiro atoms. The van der Waals surface area contributed by atoms with Crippen LogP contribution in [0, 0.1) is 0 Å². The Bertz CT molecular complexity index is 3630. The summed E-state index contributed by atoms with van der Waals surface area (Å²) in [5, 5.41) is 4.91. The third kappa shape index (κ3) is 4.93. The molecule has 0 bridgehead atoms. The van der Waals surface area contributed by atoms with Gasteiger partial charge in [0.1, 0.15) is 0 Å². The van der Waals surface area contributed by atoms with E-state index in [-0.39, 0.29) is 0 Å². The molecule has 1 aliphatic carbocycles. The predicted molar refractivity (Wildman–Crippen MR) is 257 cm³/mol. The van der Waals surface area contributed by atoms with E-state index < -0.39 is 5.41 Å². The molecule has 0 aliphatic heterocycles. The number of aromatic nitrogens is 2. The van der Waals surface area contributed by atoms with E-state index in [1.54, 1.807) is 0 Å². The minimum Gasteiger partial charge on any atom is -0.291 e. The molecule has 61 heavy (non-hydrogen) atoms. The van der Waals surface area contributed by atoms with Crippen molar-refractivity contribution in [3.05, 3.63) is 241 Å². The maximum atomic E-state index is 5.40. The van der Waals surface area contributed by atoms with E-state index in [1.807, 2.05) is 11.3 Å². The zero-order valence-corrected chi connectivity index (χ0v) is 33.9. The van der Waals surface area contributed by atoms with E-state index in [0.717, 1.165) is 27.9 Å². The van der Waals surface area contributed by atoms with Crippen LogP contribution >= 0.6 is 11.3 Å². The van der Waals surface area contributed by atoms with Crippen LogP contribution in [0.15, 0.2) is 218 Å². The number of fused-ring (bicyclic) bond motifs is 12. The molecule has 3 aromatic heterocycles. The Balaban J connectivity index is 0.923. The zero-order valence-electron chi connectivity index (χ0n) is 33.1. The monoisotopic (exact) mass is 792 g/mol. The molecule has 0 fully saturated rings. The summed E-state index contributed by atoms with van der Waals surface area (Å²) < 4.78 is 4.88. The molecular weight excluding hydrogens is 757 g/mol. The van der Waals surface area contributed by atoms with E-state index in [4.69, 9.17) is 4.98 Å². The summed E-state index contributed by atoms with van der Waals surface area (Å²) in [6.07, 6.45) is 0. The van der Waals surface area contributed by atoms with Crippen molar-refractivity contribution >= 4 is 59.0 Å². The molecular formula is C58H36N2S. The minimum atomic E-state index is -0.421. The average Bonchev–Trinajstić information content (AvgIpc) is 4.01. The maximum Gasteiger partial charge on any atom is 0.156 e. The summed E-state index contributed by atoms with van der Waals surface area (Å²) in [5.74, 6) is 0. The summed E-state index contributed by atoms with van der Waals surface area (Å²) in [6, 6.07) is 80.3. The van der Waals surface area contributed by atoms with Crippen molar-refractivity contribution in [3.8, 4) is 44.6 Å². The Morgan fingerprint density at radius 2 is 1.02 bits per heavy atom. The van der Waals surface area contributed by atoms with Gasteiger partial charge in [0.2, 0.25) is 0 Å². The number of benzene rings is 9. The lowest BCUT2D eigenvalue weighted by atomic mass is 9.67. The summed E-state index contributed by atoms with van der Waals surface area (Å²) in [5.41, 5.74) is 17.7. The second kappa shape index (κ2) is 13.2. The molecule has 2 nitrogen and oxygen atoms in total. The lowest BCUT2D eigenvalue weighted by Gasteiger charge is -2.34. The molecule has 284 valence electrons. The van der Waals surface area contributed by atoms with Crippen LogP contribution in [-0.4, -0.2) is 9.38 Å². The molecule has 0 saturated carbocycles. The molecule has 0 N–H and O–H groups in total. The van der Waals surface area contributed by atoms with Crippen molar-refractivity contribution < 1.29 is 0 Å². The van der Waals surface area contributed by atoms with E-state index in [0.29, 0.717) is 0 Å². The lowest BCUT2D eigenvalue weighted by molar-refractivity contribution is 0.768. The summed E-state index contributed by atoms with van der Waals surface area (Å²) >= 11 is 1.83. The number of nitrogens with zero attached hydrogens (tertiary/aromatic N) is 2. The molecule has 0 saturated heterocycles. The average molecular weight is 793 g/mol. The summed E-state index contributed by atoms with van der Waals surface area (Å²) in [6.45, 7) is 0. The number of hydrogen-bond acceptors (Lipinski definition) is 2. The molecule has 9 aromatic carbocycles. The van der Waals surface area contributed by atoms with Gasteiger partial charge in [-0.2, -0.15) is 0 Å². The van der Waals surface area contributed by atoms with Gasteiger partial charge < -0.3 is 0 Å². The van der Waals surface area contributed by atoms with Gasteiger partial charge in [0, 0.05) is 20.9 Å². The van der Waals surface area contributed by atoms with Crippen LogP contribution in [0.25, 0.3) is 92.3 Å². The Labute approximate surface area is 357 Å². The van der Waals surface area contributed by atoms with Crippen LogP contribution in [0.3, 0.4) is 0 Å². The van der Waals surface area contributed by atoms with Crippen LogP contribution in [0.5, 0.6) is 0 Å². The van der Waals surface area contributed by atoms with Gasteiger partial charge >= 0.3 is 0 Å². The maximum absolute atomic E-state index is 5.40. The highest BCUT2D eigenvalue weighted by Crippen LogP contribution is 2.58. The first-order valence-corrected chi connectivity index (χ1v) is 21.8. The molecule has 3 heteroatoms. The Hall–Kier alpha value is -7.59. The van der Waals surface area contributed by atoms with E-state index in [9.17, 15) is 0 Å². The third-order valence-corrected chi connectivity index (χ3v) is 14.3. The van der Waals surface area contributed by atoms with Crippen LogP contribution < -0.4 is 0 Å². The Kier molecular flexibility index (Phi) is 7.42. The third-order valence-electron chi connectivity index (χ3n) is 13.1. The standard InChI is InChI=1S/C58H36N2S/c1-3-15-42(16-4-1)58(43-17-5-2-6-18-43)49-23-11-9-21-47(49)54-44(22-13-24-50(54)58)40-30-26-37(27-31-40)38-28-32-41(33-29-38)52-36-48-46-20-10-12-25-53(46)61-56(48)57-59-55-45-19-8-7-14-39(45)34-35-51(55)60(52)57/h1-36H. The van der Waals surface area contributed by atoms with Gasteiger partial charge in [-0.1, -0.05) is 200 Å². The van der Waals surface area contributed by atoms with Gasteiger partial charge in [-0.25, -0.2) is 4.98 Å². The first-order chi connectivity index (χ1) is 30.3. The van der Waals surface area contributed by atoms with Gasteiger partial charge in [-0.15, -0.1) is 11.3 Å². The van der Waals surface area contributed by atoms with E-state index in [1.165, 1.54) is 86.6 Å². The van der Waals surface area contributed by atoms with E-state index >= 15 is 0 Å². The van der Waals surface area contributed by atoms with E-state index in [2.05, 4.69) is 223 Å². The van der Waals surface area contributed by atoms with Crippen molar-refractivity contribution in [2.45, 2.75) is 5.41 Å². The highest BCUT2D eigenvalue weighted by Gasteiger charge is 2.46. The highest BCUT2D eigenvalue weighted by molar-refractivity contribution is 7.26. The van der Waals surface area contributed by atoms with Crippen molar-refractivity contribution in [1.82, 2.24) is 9.38 Å². The van der Waals surface area contributed by atoms with Crippen molar-refractivity contribution in [3.63, 3.8) is 0 Å². The fourth-order valence-corrected chi connectivity index (χ4v) is 11.6. The number of rotatable bonds is 5. The predicted octanol–water partition coefficient (Wildman–Crippen LogP) is 15.4. The molecule has 0 amide bonds. The smallest absolute Gasteiger partial charge is 0.156 e. The number of imidazole rings is 1. The van der Waals surface area contributed by atoms with Crippen LogP contribution in [0.2, 0.25) is 0 Å². The van der Waals surface area contributed by atoms with Crippen molar-refractivity contribution in [1.29, 1.82) is 0 Å². The first-order valence-electron chi connectivity index (χ1n) is 21.0. The molecule has 12 aromatic rings. The summed E-state index contributed by atoms with van der Waals surface area (Å²) in [7, 11) is 0. The number of hydrogen-bond donors (Lipinski definition) is 0. The second-order valence-electron chi connectivity index (χ2n) is 16.2. The minimum absolute atomic E-state index is 0.421. The first kappa shape index (κ1) is 34.3. The van der Waals surface area contributed by atoms with Gasteiger partial charge in [0.25, 0.3) is 0 Å². The lowest BCUT2D eigenvalue weighted by Crippen LogP contribution is -2.28.